The van der Waals surface area contributed by atoms with Crippen molar-refractivity contribution < 1.29 is 33.6 Å². The average molecular weight is 654 g/mol. The van der Waals surface area contributed by atoms with Gasteiger partial charge in [-0.3, -0.25) is 4.79 Å². The second-order valence-electron chi connectivity index (χ2n) is 14.2. The molecule has 4 aliphatic rings. The number of cyclic esters (lactones) is 1. The van der Waals surface area contributed by atoms with E-state index in [1.54, 1.807) is 23.7 Å². The maximum atomic E-state index is 12.1. The van der Waals surface area contributed by atoms with Gasteiger partial charge < -0.3 is 24.1 Å². The van der Waals surface area contributed by atoms with E-state index in [1.807, 2.05) is 48.7 Å². The highest BCUT2D eigenvalue weighted by Crippen LogP contribution is 2.64. The van der Waals surface area contributed by atoms with Crippen LogP contribution in [0.5, 0.6) is 5.75 Å². The molecule has 2 aliphatic carbocycles. The highest BCUT2D eigenvalue weighted by atomic mass is 16.7. The summed E-state index contributed by atoms with van der Waals surface area (Å²) < 4.78 is 25.9. The number of benzene rings is 2. The van der Waals surface area contributed by atoms with Gasteiger partial charge in [-0.25, -0.2) is 9.48 Å². The fourth-order valence-corrected chi connectivity index (χ4v) is 8.59. The number of aromatic nitrogens is 3. The number of aliphatic hydroxyl groups is 1. The number of esters is 1. The van der Waals surface area contributed by atoms with Gasteiger partial charge >= 0.3 is 5.97 Å². The Morgan fingerprint density at radius 3 is 2.60 bits per heavy atom. The van der Waals surface area contributed by atoms with Gasteiger partial charge in [0.2, 0.25) is 0 Å². The van der Waals surface area contributed by atoms with Crippen LogP contribution in [0.15, 0.2) is 78.5 Å². The first kappa shape index (κ1) is 32.4. The molecule has 252 valence electrons. The molecule has 10 nitrogen and oxygen atoms in total. The molecule has 1 N–H and O–H groups in total. The summed E-state index contributed by atoms with van der Waals surface area (Å²) in [7, 11) is 0. The molecule has 4 fully saturated rings. The molecule has 7 rings (SSSR count). The minimum absolute atomic E-state index is 0.0187. The number of rotatable bonds is 8. The molecule has 3 heterocycles. The maximum absolute atomic E-state index is 12.1. The SMILES string of the molecule is C=C1CCC2[C@]3(C)COC(c4ccc(OCc5cn(-c6ccc(C(C)=O)cc6)nn5)cc4)O[C@@H]3CC[C@@]2(C)[C@@H]1C/C=C1/C(=O)OCC1O. The number of ketones is 1. The molecule has 0 bridgehead atoms. The number of allylic oxidation sites excluding steroid dienone is 2. The van der Waals surface area contributed by atoms with Crippen LogP contribution >= 0.6 is 0 Å². The first-order chi connectivity index (χ1) is 23.0. The molecule has 2 aliphatic heterocycles. The number of Topliss-reactive ketones (excluding diaryl/α,β-unsaturated/α-hetero) is 1. The fraction of sp³-hybridized carbons (Fsp3) is 0.474. The van der Waals surface area contributed by atoms with Gasteiger partial charge in [0.1, 0.15) is 30.8 Å². The van der Waals surface area contributed by atoms with Gasteiger partial charge in [-0.2, -0.15) is 0 Å². The van der Waals surface area contributed by atoms with E-state index < -0.39 is 18.4 Å². The fourth-order valence-electron chi connectivity index (χ4n) is 8.59. The van der Waals surface area contributed by atoms with Crippen molar-refractivity contribution in [2.75, 3.05) is 13.2 Å². The Morgan fingerprint density at radius 1 is 1.12 bits per heavy atom. The predicted octanol–water partition coefficient (Wildman–Crippen LogP) is 6.09. The van der Waals surface area contributed by atoms with Gasteiger partial charge in [-0.15, -0.1) is 5.10 Å². The number of aliphatic hydroxyl groups excluding tert-OH is 1. The zero-order valence-electron chi connectivity index (χ0n) is 27.8. The van der Waals surface area contributed by atoms with Gasteiger partial charge in [0.15, 0.2) is 12.1 Å². The molecule has 2 aromatic carbocycles. The van der Waals surface area contributed by atoms with E-state index in [9.17, 15) is 14.7 Å². The van der Waals surface area contributed by atoms with Crippen molar-refractivity contribution in [3.8, 4) is 11.4 Å². The molecule has 3 unspecified atom stereocenters. The Bertz CT molecular complexity index is 1730. The molecule has 10 heteroatoms. The van der Waals surface area contributed by atoms with Crippen LogP contribution in [0, 0.1) is 22.7 Å². The van der Waals surface area contributed by atoms with E-state index in [4.69, 9.17) is 18.9 Å². The summed E-state index contributed by atoms with van der Waals surface area (Å²) in [6.45, 7) is 11.6. The van der Waals surface area contributed by atoms with E-state index in [0.29, 0.717) is 41.5 Å². The second-order valence-corrected chi connectivity index (χ2v) is 14.2. The number of hydrogen-bond donors (Lipinski definition) is 1. The summed E-state index contributed by atoms with van der Waals surface area (Å²) in [6.07, 6.45) is 6.98. The molecule has 0 amide bonds. The lowest BCUT2D eigenvalue weighted by atomic mass is 9.46. The summed E-state index contributed by atoms with van der Waals surface area (Å²) in [5.41, 5.74) is 4.51. The Labute approximate surface area is 280 Å². The van der Waals surface area contributed by atoms with Crippen LogP contribution in [0.2, 0.25) is 0 Å². The van der Waals surface area contributed by atoms with E-state index in [-0.39, 0.29) is 41.8 Å². The van der Waals surface area contributed by atoms with Crippen LogP contribution in [0.3, 0.4) is 0 Å². The summed E-state index contributed by atoms with van der Waals surface area (Å²) in [5, 5.41) is 18.6. The van der Waals surface area contributed by atoms with Crippen LogP contribution < -0.4 is 4.74 Å². The van der Waals surface area contributed by atoms with Crippen molar-refractivity contribution in [2.24, 2.45) is 22.7 Å². The highest BCUT2D eigenvalue weighted by molar-refractivity contribution is 5.94. The third-order valence-corrected chi connectivity index (χ3v) is 11.3. The molecular weight excluding hydrogens is 610 g/mol. The first-order valence-electron chi connectivity index (χ1n) is 16.8. The summed E-state index contributed by atoms with van der Waals surface area (Å²) >= 11 is 0. The number of carbonyl (C=O) groups excluding carboxylic acids is 2. The molecule has 2 saturated heterocycles. The quantitative estimate of drug-likeness (QED) is 0.133. The van der Waals surface area contributed by atoms with Crippen LogP contribution in [0.4, 0.5) is 0 Å². The predicted molar refractivity (Wildman–Crippen MR) is 176 cm³/mol. The molecule has 0 spiro atoms. The third kappa shape index (κ3) is 5.90. The maximum Gasteiger partial charge on any atom is 0.336 e. The zero-order valence-corrected chi connectivity index (χ0v) is 27.8. The van der Waals surface area contributed by atoms with Crippen LogP contribution in [-0.4, -0.2) is 57.3 Å². The monoisotopic (exact) mass is 653 g/mol. The van der Waals surface area contributed by atoms with Crippen molar-refractivity contribution in [3.63, 3.8) is 0 Å². The zero-order chi connectivity index (χ0) is 33.6. The Morgan fingerprint density at radius 2 is 1.90 bits per heavy atom. The normalized spacial score (nSPS) is 32.4. The van der Waals surface area contributed by atoms with Crippen molar-refractivity contribution in [3.05, 3.63) is 95.3 Å². The molecular formula is C38H43N3O7. The highest BCUT2D eigenvalue weighted by Gasteiger charge is 2.60. The summed E-state index contributed by atoms with van der Waals surface area (Å²) in [5.74, 6) is 0.880. The number of nitrogens with zero attached hydrogens (tertiary/aromatic N) is 3. The Balaban J connectivity index is 0.970. The van der Waals surface area contributed by atoms with E-state index in [1.165, 1.54) is 5.57 Å². The largest absolute Gasteiger partial charge is 0.487 e. The average Bonchev–Trinajstić information content (AvgIpc) is 3.69. The molecule has 3 aromatic rings. The second kappa shape index (κ2) is 12.7. The molecule has 48 heavy (non-hydrogen) atoms. The van der Waals surface area contributed by atoms with E-state index >= 15 is 0 Å². The van der Waals surface area contributed by atoms with Crippen LogP contribution in [0.1, 0.15) is 80.8 Å². The van der Waals surface area contributed by atoms with E-state index in [0.717, 1.165) is 36.9 Å². The molecule has 7 atom stereocenters. The third-order valence-electron chi connectivity index (χ3n) is 11.3. The van der Waals surface area contributed by atoms with Gasteiger partial charge in [0.25, 0.3) is 0 Å². The van der Waals surface area contributed by atoms with Crippen molar-refractivity contribution in [1.82, 2.24) is 15.0 Å². The summed E-state index contributed by atoms with van der Waals surface area (Å²) in [6, 6.07) is 15.0. The lowest BCUT2D eigenvalue weighted by Gasteiger charge is -2.62. The molecule has 2 saturated carbocycles. The van der Waals surface area contributed by atoms with E-state index in [2.05, 4.69) is 30.7 Å². The van der Waals surface area contributed by atoms with Gasteiger partial charge in [0, 0.05) is 16.5 Å². The van der Waals surface area contributed by atoms with Crippen LogP contribution in [-0.2, 0) is 25.6 Å². The Hall–Kier alpha value is -4.12. The number of ether oxygens (including phenoxy) is 4. The lowest BCUT2D eigenvalue weighted by Crippen LogP contribution is -2.60. The van der Waals surface area contributed by atoms with Gasteiger partial charge in [-0.1, -0.05) is 49.4 Å². The van der Waals surface area contributed by atoms with Crippen molar-refractivity contribution in [1.29, 1.82) is 0 Å². The Kier molecular flexibility index (Phi) is 8.60. The summed E-state index contributed by atoms with van der Waals surface area (Å²) in [4.78, 5) is 23.7. The van der Waals surface area contributed by atoms with Gasteiger partial charge in [0.05, 0.1) is 30.2 Å². The minimum atomic E-state index is -0.851. The smallest absolute Gasteiger partial charge is 0.336 e. The molecule has 1 aromatic heterocycles. The molecule has 0 radical (unpaired) electrons. The minimum Gasteiger partial charge on any atom is -0.487 e. The van der Waals surface area contributed by atoms with Crippen LogP contribution in [0.25, 0.3) is 5.69 Å². The first-order valence-corrected chi connectivity index (χ1v) is 16.8. The number of carbonyl (C=O) groups is 2. The standard InChI is InChI=1S/C38H43N3O7/c1-23-5-16-33-37(3,31(23)15-14-30-32(43)21-46-35(30)44)18-17-34-38(33,4)22-47-36(48-34)26-8-12-29(13-9-26)45-20-27-19-41(40-39-27)28-10-6-25(7-11-28)24(2)42/h6-14,19,31-34,36,43H,1,5,15-18,20-22H2,2-4H3/b30-14+/t31-,32?,33?,34-,36?,37+,38+/m1/s1. The van der Waals surface area contributed by atoms with Gasteiger partial charge in [-0.05, 0) is 92.7 Å². The van der Waals surface area contributed by atoms with Crippen molar-refractivity contribution >= 4 is 11.8 Å². The topological polar surface area (TPSA) is 122 Å². The number of hydrogen-bond acceptors (Lipinski definition) is 9. The number of fused-ring (bicyclic) bond motifs is 3. The van der Waals surface area contributed by atoms with Crippen molar-refractivity contribution in [2.45, 2.75) is 78.0 Å². The lowest BCUT2D eigenvalue weighted by molar-refractivity contribution is -0.307.